The molecule has 2 aliphatic carbocycles. The molecule has 2 rings (SSSR count). The Morgan fingerprint density at radius 1 is 1.80 bits per heavy atom. The van der Waals surface area contributed by atoms with Crippen LogP contribution in [-0.4, -0.2) is 6.17 Å². The highest BCUT2D eigenvalue weighted by Gasteiger charge is 2.54. The molecule has 5 heavy (non-hydrogen) atoms. The van der Waals surface area contributed by atoms with Crippen LogP contribution < -0.4 is 0 Å². The van der Waals surface area contributed by atoms with Crippen molar-refractivity contribution in [2.45, 2.75) is 6.17 Å². The van der Waals surface area contributed by atoms with Crippen molar-refractivity contribution in [2.75, 3.05) is 0 Å². The lowest BCUT2D eigenvalue weighted by Gasteiger charge is -1.69. The molecule has 2 unspecified atom stereocenters. The predicted molar refractivity (Wildman–Crippen MR) is 16.5 cm³/mol. The van der Waals surface area contributed by atoms with Crippen LogP contribution in [0.5, 0.6) is 0 Å². The Morgan fingerprint density at radius 3 is 2.20 bits per heavy atom. The molecule has 0 heterocycles. The van der Waals surface area contributed by atoms with Gasteiger partial charge in [0, 0.05) is 5.92 Å². The second kappa shape index (κ2) is 0.280. The first-order valence-corrected chi connectivity index (χ1v) is 1.75. The summed E-state index contributed by atoms with van der Waals surface area (Å²) < 4.78 is 11.5. The molecule has 0 aromatic heterocycles. The van der Waals surface area contributed by atoms with Gasteiger partial charge in [0.1, 0.15) is 6.17 Å². The molecular formula is C4H3F. The highest BCUT2D eigenvalue weighted by molar-refractivity contribution is 5.53. The molecule has 1 saturated carbocycles. The van der Waals surface area contributed by atoms with E-state index in [1.165, 1.54) is 0 Å². The van der Waals surface area contributed by atoms with Crippen molar-refractivity contribution in [1.82, 2.24) is 0 Å². The minimum Gasteiger partial charge on any atom is -0.242 e. The second-order valence-corrected chi connectivity index (χ2v) is 1.59. The number of alkyl halides is 1. The van der Waals surface area contributed by atoms with Crippen LogP contribution in [0, 0.1) is 5.92 Å². The summed E-state index contributed by atoms with van der Waals surface area (Å²) in [5, 5.41) is 0. The molecule has 0 bridgehead atoms. The van der Waals surface area contributed by atoms with Gasteiger partial charge >= 0.3 is 0 Å². The van der Waals surface area contributed by atoms with E-state index < -0.39 is 6.17 Å². The van der Waals surface area contributed by atoms with Crippen molar-refractivity contribution in [3.63, 3.8) is 0 Å². The molecule has 0 amide bonds. The summed E-state index contributed by atoms with van der Waals surface area (Å²) in [6.45, 7) is 0. The molecule has 26 valence electrons. The van der Waals surface area contributed by atoms with E-state index in [9.17, 15) is 4.39 Å². The zero-order chi connectivity index (χ0) is 3.44. The highest BCUT2D eigenvalue weighted by atomic mass is 19.1. The first kappa shape index (κ1) is 1.96. The fraction of sp³-hybridized carbons (Fsp3) is 0.500. The maximum Gasteiger partial charge on any atom is 0.132 e. The van der Waals surface area contributed by atoms with Crippen molar-refractivity contribution >= 4 is 0 Å². The lowest BCUT2D eigenvalue weighted by molar-refractivity contribution is 0.463. The largest absolute Gasteiger partial charge is 0.242 e. The third kappa shape index (κ3) is 0.0752. The van der Waals surface area contributed by atoms with Crippen LogP contribution in [0.3, 0.4) is 0 Å². The molecule has 0 spiro atoms. The van der Waals surface area contributed by atoms with E-state index in [4.69, 9.17) is 0 Å². The minimum absolute atomic E-state index is 0.343. The lowest BCUT2D eigenvalue weighted by Crippen LogP contribution is -1.71. The van der Waals surface area contributed by atoms with Crippen LogP contribution in [0.15, 0.2) is 11.6 Å². The van der Waals surface area contributed by atoms with Gasteiger partial charge in [-0.25, -0.2) is 4.39 Å². The van der Waals surface area contributed by atoms with Crippen LogP contribution >= 0.6 is 0 Å². The first-order chi connectivity index (χ1) is 2.39. The molecule has 0 N–H and O–H groups in total. The van der Waals surface area contributed by atoms with Gasteiger partial charge in [0.15, 0.2) is 0 Å². The summed E-state index contributed by atoms with van der Waals surface area (Å²) in [7, 11) is 0. The van der Waals surface area contributed by atoms with Gasteiger partial charge in [-0.15, -0.1) is 0 Å². The summed E-state index contributed by atoms with van der Waals surface area (Å²) in [6.07, 6.45) is 1.46. The van der Waals surface area contributed by atoms with Crippen molar-refractivity contribution in [2.24, 2.45) is 5.92 Å². The maximum atomic E-state index is 11.5. The zero-order valence-corrected chi connectivity index (χ0v) is 2.61. The van der Waals surface area contributed by atoms with Crippen LogP contribution in [0.25, 0.3) is 0 Å². The first-order valence-electron chi connectivity index (χ1n) is 1.75. The average molecular weight is 70.1 g/mol. The van der Waals surface area contributed by atoms with E-state index in [-0.39, 0.29) is 0 Å². The van der Waals surface area contributed by atoms with E-state index in [0.717, 1.165) is 5.57 Å². The number of rotatable bonds is 0. The summed E-state index contributed by atoms with van der Waals surface area (Å²) in [5.74, 6) is 0.343. The van der Waals surface area contributed by atoms with Gasteiger partial charge in [-0.2, -0.15) is 0 Å². The number of hydrogen-bond donors (Lipinski definition) is 0. The van der Waals surface area contributed by atoms with Crippen LogP contribution in [0.4, 0.5) is 4.39 Å². The van der Waals surface area contributed by atoms with E-state index >= 15 is 0 Å². The molecule has 0 aromatic rings. The SMILES string of the molecule is FC1C2=CC21. The number of halogens is 1. The smallest absolute Gasteiger partial charge is 0.132 e. The van der Waals surface area contributed by atoms with Crippen molar-refractivity contribution in [1.29, 1.82) is 0 Å². The van der Waals surface area contributed by atoms with Gasteiger partial charge in [0.25, 0.3) is 0 Å². The third-order valence-corrected chi connectivity index (χ3v) is 1.17. The third-order valence-electron chi connectivity index (χ3n) is 1.17. The molecule has 2 aliphatic rings. The zero-order valence-electron chi connectivity index (χ0n) is 2.61. The predicted octanol–water partition coefficient (Wildman–Crippen LogP) is 0.894. The number of allylic oxidation sites excluding steroid dienone is 2. The van der Waals surface area contributed by atoms with E-state index in [1.54, 1.807) is 0 Å². The van der Waals surface area contributed by atoms with Crippen molar-refractivity contribution < 1.29 is 4.39 Å². The average Bonchev–Trinajstić information content (AvgIpc) is 2.11. The van der Waals surface area contributed by atoms with Crippen molar-refractivity contribution in [3.05, 3.63) is 11.6 Å². The standard InChI is InChI=1S/C4H3F/c5-4-2-1-3(2)4/h1-2,4H. The summed E-state index contributed by atoms with van der Waals surface area (Å²) in [5.41, 5.74) is 1.05. The van der Waals surface area contributed by atoms with Gasteiger partial charge in [0.2, 0.25) is 0 Å². The highest BCUT2D eigenvalue weighted by Crippen LogP contribution is 2.56. The monoisotopic (exact) mass is 70.0 g/mol. The van der Waals surface area contributed by atoms with Gasteiger partial charge in [0.05, 0.1) is 0 Å². The fourth-order valence-corrected chi connectivity index (χ4v) is 0.485. The van der Waals surface area contributed by atoms with Crippen molar-refractivity contribution in [3.8, 4) is 0 Å². The lowest BCUT2D eigenvalue weighted by atomic mass is 10.5. The second-order valence-electron chi connectivity index (χ2n) is 1.59. The van der Waals surface area contributed by atoms with E-state index in [2.05, 4.69) is 0 Å². The fourth-order valence-electron chi connectivity index (χ4n) is 0.485. The molecule has 0 nitrogen and oxygen atoms in total. The van der Waals surface area contributed by atoms with Gasteiger partial charge in [-0.05, 0) is 5.57 Å². The number of fused-ring (bicyclic) bond motifs is 1. The Bertz CT molecular complexity index is 104. The quantitative estimate of drug-likeness (QED) is 0.371. The van der Waals surface area contributed by atoms with Crippen LogP contribution in [0.1, 0.15) is 0 Å². The molecule has 0 aliphatic heterocycles. The van der Waals surface area contributed by atoms with Crippen LogP contribution in [-0.2, 0) is 0 Å². The van der Waals surface area contributed by atoms with Gasteiger partial charge < -0.3 is 0 Å². The molecule has 0 aromatic carbocycles. The Kier molecular flexibility index (Phi) is 0.109. The molecular weight excluding hydrogens is 67.0 g/mol. The topological polar surface area (TPSA) is 0 Å². The molecule has 1 fully saturated rings. The summed E-state index contributed by atoms with van der Waals surface area (Å²) in [4.78, 5) is 0. The van der Waals surface area contributed by atoms with Gasteiger partial charge in [-0.1, -0.05) is 6.08 Å². The Morgan fingerprint density at radius 2 is 2.20 bits per heavy atom. The normalized spacial score (nSPS) is 54.2. The maximum absolute atomic E-state index is 11.5. The Labute approximate surface area is 29.3 Å². The van der Waals surface area contributed by atoms with E-state index in [1.807, 2.05) is 6.08 Å². The molecule has 0 radical (unpaired) electrons. The minimum atomic E-state index is -0.491. The molecule has 2 atom stereocenters. The van der Waals surface area contributed by atoms with Crippen LogP contribution in [0.2, 0.25) is 0 Å². The Balaban J connectivity index is 2.42. The molecule has 0 saturated heterocycles. The number of hydrogen-bond acceptors (Lipinski definition) is 0. The Hall–Kier alpha value is -0.330. The molecule has 1 heteroatoms. The summed E-state index contributed by atoms with van der Waals surface area (Å²) in [6, 6.07) is 0. The van der Waals surface area contributed by atoms with Gasteiger partial charge in [-0.3, -0.25) is 0 Å². The van der Waals surface area contributed by atoms with E-state index in [0.29, 0.717) is 5.92 Å². The summed E-state index contributed by atoms with van der Waals surface area (Å²) >= 11 is 0.